The van der Waals surface area contributed by atoms with Crippen molar-refractivity contribution in [3.05, 3.63) is 29.8 Å². The zero-order valence-electron chi connectivity index (χ0n) is 8.17. The molecule has 0 spiro atoms. The number of aliphatic hydroxyl groups excluding tert-OH is 1. The third-order valence-corrected chi connectivity index (χ3v) is 1.91. The lowest BCUT2D eigenvalue weighted by Crippen LogP contribution is -2.21. The number of halogens is 3. The summed E-state index contributed by atoms with van der Waals surface area (Å²) in [7, 11) is 0. The summed E-state index contributed by atoms with van der Waals surface area (Å²) in [6, 6.07) is 4.79. The van der Waals surface area contributed by atoms with Crippen LogP contribution in [0.5, 0.6) is 0 Å². The van der Waals surface area contributed by atoms with Gasteiger partial charge in [0.2, 0.25) is 0 Å². The summed E-state index contributed by atoms with van der Waals surface area (Å²) < 4.78 is 37.5. The lowest BCUT2D eigenvalue weighted by Gasteiger charge is -2.17. The van der Waals surface area contributed by atoms with Crippen molar-refractivity contribution in [2.45, 2.75) is 19.1 Å². The minimum absolute atomic E-state index is 0.00782. The fourth-order valence-corrected chi connectivity index (χ4v) is 1.17. The van der Waals surface area contributed by atoms with Gasteiger partial charge in [0.1, 0.15) is 0 Å². The zero-order chi connectivity index (χ0) is 11.5. The van der Waals surface area contributed by atoms with Crippen LogP contribution in [0, 0.1) is 0 Å². The van der Waals surface area contributed by atoms with Crippen LogP contribution in [-0.2, 0) is 6.18 Å². The van der Waals surface area contributed by atoms with Crippen molar-refractivity contribution in [2.75, 3.05) is 11.9 Å². The van der Waals surface area contributed by atoms with Crippen LogP contribution < -0.4 is 5.32 Å². The normalized spacial score (nSPS) is 13.7. The molecule has 1 atom stereocenters. The molecule has 5 heteroatoms. The number of rotatable bonds is 3. The van der Waals surface area contributed by atoms with Crippen LogP contribution >= 0.6 is 0 Å². The second-order valence-electron chi connectivity index (χ2n) is 3.27. The van der Waals surface area contributed by atoms with Gasteiger partial charge in [0.25, 0.3) is 0 Å². The SMILES string of the molecule is CC(CO)Nc1ccccc1C(F)(F)F. The molecule has 0 heterocycles. The van der Waals surface area contributed by atoms with Crippen molar-refractivity contribution in [1.82, 2.24) is 0 Å². The van der Waals surface area contributed by atoms with E-state index >= 15 is 0 Å². The summed E-state index contributed by atoms with van der Waals surface area (Å²) in [5.74, 6) is 0. The Bertz CT molecular complexity index is 325. The average molecular weight is 219 g/mol. The molecule has 0 saturated heterocycles. The first kappa shape index (κ1) is 11.8. The van der Waals surface area contributed by atoms with E-state index in [1.807, 2.05) is 0 Å². The van der Waals surface area contributed by atoms with Crippen LogP contribution in [0.25, 0.3) is 0 Å². The van der Waals surface area contributed by atoms with Crippen LogP contribution in [0.2, 0.25) is 0 Å². The molecule has 0 saturated carbocycles. The van der Waals surface area contributed by atoms with Gasteiger partial charge in [0.15, 0.2) is 0 Å². The smallest absolute Gasteiger partial charge is 0.394 e. The number of anilines is 1. The number of aliphatic hydroxyl groups is 1. The van der Waals surface area contributed by atoms with E-state index in [1.165, 1.54) is 18.2 Å². The van der Waals surface area contributed by atoms with Gasteiger partial charge in [0, 0.05) is 11.7 Å². The maximum atomic E-state index is 12.5. The molecule has 0 aliphatic carbocycles. The van der Waals surface area contributed by atoms with E-state index in [0.717, 1.165) is 6.07 Å². The fraction of sp³-hybridized carbons (Fsp3) is 0.400. The maximum Gasteiger partial charge on any atom is 0.418 e. The number of hydrogen-bond donors (Lipinski definition) is 2. The summed E-state index contributed by atoms with van der Waals surface area (Å²) in [5, 5.41) is 11.3. The molecule has 0 aliphatic rings. The molecule has 1 unspecified atom stereocenters. The third-order valence-electron chi connectivity index (χ3n) is 1.91. The standard InChI is InChI=1S/C10H12F3NO/c1-7(6-15)14-9-5-3-2-4-8(9)10(11,12)13/h2-5,7,14-15H,6H2,1H3. The Hall–Kier alpha value is -1.23. The third kappa shape index (κ3) is 3.13. The Morgan fingerprint density at radius 1 is 1.33 bits per heavy atom. The van der Waals surface area contributed by atoms with Gasteiger partial charge in [-0.05, 0) is 19.1 Å². The summed E-state index contributed by atoms with van der Waals surface area (Å²) in [5.41, 5.74) is -0.725. The van der Waals surface area contributed by atoms with Gasteiger partial charge in [-0.1, -0.05) is 12.1 Å². The molecule has 0 fully saturated rings. The topological polar surface area (TPSA) is 32.3 Å². The molecule has 0 bridgehead atoms. The van der Waals surface area contributed by atoms with Crippen LogP contribution in [0.3, 0.4) is 0 Å². The largest absolute Gasteiger partial charge is 0.418 e. The van der Waals surface area contributed by atoms with Crippen molar-refractivity contribution in [3.8, 4) is 0 Å². The molecule has 1 aromatic carbocycles. The predicted molar refractivity (Wildman–Crippen MR) is 51.6 cm³/mol. The molecule has 0 aromatic heterocycles. The Morgan fingerprint density at radius 3 is 2.47 bits per heavy atom. The van der Waals surface area contributed by atoms with Crippen LogP contribution in [0.15, 0.2) is 24.3 Å². The highest BCUT2D eigenvalue weighted by Gasteiger charge is 2.33. The Labute approximate surface area is 85.7 Å². The van der Waals surface area contributed by atoms with Gasteiger partial charge in [-0.25, -0.2) is 0 Å². The molecule has 0 amide bonds. The number of benzene rings is 1. The monoisotopic (exact) mass is 219 g/mol. The first-order chi connectivity index (χ1) is 6.95. The Kier molecular flexibility index (Phi) is 3.57. The van der Waals surface area contributed by atoms with Gasteiger partial charge >= 0.3 is 6.18 Å². The summed E-state index contributed by atoms with van der Waals surface area (Å²) >= 11 is 0. The highest BCUT2D eigenvalue weighted by atomic mass is 19.4. The van der Waals surface area contributed by atoms with E-state index in [4.69, 9.17) is 5.11 Å². The molecule has 1 rings (SSSR count). The molecule has 2 nitrogen and oxygen atoms in total. The number of alkyl halides is 3. The number of para-hydroxylation sites is 1. The van der Waals surface area contributed by atoms with E-state index in [0.29, 0.717) is 0 Å². The van der Waals surface area contributed by atoms with Gasteiger partial charge in [0.05, 0.1) is 12.2 Å². The predicted octanol–water partition coefficient (Wildman–Crippen LogP) is 2.50. The van der Waals surface area contributed by atoms with Crippen LogP contribution in [0.4, 0.5) is 18.9 Å². The molecule has 84 valence electrons. The van der Waals surface area contributed by atoms with Crippen LogP contribution in [-0.4, -0.2) is 17.8 Å². The summed E-state index contributed by atoms with van der Waals surface area (Å²) in [6.45, 7) is 1.39. The maximum absolute atomic E-state index is 12.5. The second-order valence-corrected chi connectivity index (χ2v) is 3.27. The molecular formula is C10H12F3NO. The minimum atomic E-state index is -4.38. The highest BCUT2D eigenvalue weighted by molar-refractivity contribution is 5.53. The summed E-state index contributed by atoms with van der Waals surface area (Å²) in [4.78, 5) is 0. The van der Waals surface area contributed by atoms with Crippen LogP contribution in [0.1, 0.15) is 12.5 Å². The van der Waals surface area contributed by atoms with Crippen molar-refractivity contribution in [2.24, 2.45) is 0 Å². The van der Waals surface area contributed by atoms with Gasteiger partial charge < -0.3 is 10.4 Å². The lowest BCUT2D eigenvalue weighted by molar-refractivity contribution is -0.137. The Balaban J connectivity index is 2.97. The Morgan fingerprint density at radius 2 is 1.93 bits per heavy atom. The molecule has 2 N–H and O–H groups in total. The summed E-state index contributed by atoms with van der Waals surface area (Å²) in [6.07, 6.45) is -4.38. The first-order valence-corrected chi connectivity index (χ1v) is 4.48. The first-order valence-electron chi connectivity index (χ1n) is 4.48. The zero-order valence-corrected chi connectivity index (χ0v) is 8.17. The van der Waals surface area contributed by atoms with Gasteiger partial charge in [-0.2, -0.15) is 13.2 Å². The minimum Gasteiger partial charge on any atom is -0.394 e. The molecule has 15 heavy (non-hydrogen) atoms. The number of hydrogen-bond acceptors (Lipinski definition) is 2. The van der Waals surface area contributed by atoms with E-state index in [-0.39, 0.29) is 12.3 Å². The lowest BCUT2D eigenvalue weighted by atomic mass is 10.1. The van der Waals surface area contributed by atoms with Crippen molar-refractivity contribution in [3.63, 3.8) is 0 Å². The van der Waals surface area contributed by atoms with Crippen molar-refractivity contribution in [1.29, 1.82) is 0 Å². The van der Waals surface area contributed by atoms with E-state index in [2.05, 4.69) is 5.32 Å². The van der Waals surface area contributed by atoms with Crippen molar-refractivity contribution >= 4 is 5.69 Å². The molecule has 1 aromatic rings. The van der Waals surface area contributed by atoms with Crippen molar-refractivity contribution < 1.29 is 18.3 Å². The molecule has 0 aliphatic heterocycles. The average Bonchev–Trinajstić information content (AvgIpc) is 2.17. The fourth-order valence-electron chi connectivity index (χ4n) is 1.17. The van der Waals surface area contributed by atoms with Gasteiger partial charge in [-0.15, -0.1) is 0 Å². The van der Waals surface area contributed by atoms with E-state index < -0.39 is 17.8 Å². The molecule has 0 radical (unpaired) electrons. The van der Waals surface area contributed by atoms with E-state index in [1.54, 1.807) is 6.92 Å². The number of nitrogens with one attached hydrogen (secondary N) is 1. The quantitative estimate of drug-likeness (QED) is 0.818. The highest BCUT2D eigenvalue weighted by Crippen LogP contribution is 2.34. The van der Waals surface area contributed by atoms with E-state index in [9.17, 15) is 13.2 Å². The second kappa shape index (κ2) is 4.53. The molecular weight excluding hydrogens is 207 g/mol. The van der Waals surface area contributed by atoms with Gasteiger partial charge in [-0.3, -0.25) is 0 Å².